The molecule has 0 saturated heterocycles. The van der Waals surface area contributed by atoms with Gasteiger partial charge >= 0.3 is 11.9 Å². The van der Waals surface area contributed by atoms with Gasteiger partial charge in [0, 0.05) is 12.8 Å². The Labute approximate surface area is 310 Å². The Morgan fingerprint density at radius 3 is 1.08 bits per heavy atom. The van der Waals surface area contributed by atoms with Gasteiger partial charge < -0.3 is 14.6 Å². The third kappa shape index (κ3) is 40.5. The third-order valence-electron chi connectivity index (χ3n) is 9.35. The fraction of sp³-hybridized carbons (Fsp3) is 0.822. The molecule has 50 heavy (non-hydrogen) atoms. The largest absolute Gasteiger partial charge is 0.463 e. The molecule has 0 spiro atoms. The standard InChI is InChI=1S/C45H82O5/c1-3-5-7-9-11-13-15-17-19-21-22-24-26-28-30-32-34-36-38-40-45(48)50-42-43(46)41-49-44(47)39-37-35-33-31-29-27-25-23-20-18-16-14-12-10-8-6-4-2/h11,13,17-20,43,46H,3-10,12,14-16,21-42H2,1-2H3/b13-11-,19-17-,20-18-/t43-/m1/s1. The van der Waals surface area contributed by atoms with Gasteiger partial charge in [-0.25, -0.2) is 0 Å². The number of aliphatic hydroxyl groups is 1. The lowest BCUT2D eigenvalue weighted by molar-refractivity contribution is -0.152. The van der Waals surface area contributed by atoms with E-state index in [0.29, 0.717) is 12.8 Å². The van der Waals surface area contributed by atoms with Crippen LogP contribution in [0.5, 0.6) is 0 Å². The Hall–Kier alpha value is -1.88. The van der Waals surface area contributed by atoms with Crippen molar-refractivity contribution in [3.8, 4) is 0 Å². The van der Waals surface area contributed by atoms with Crippen LogP contribution in [0.3, 0.4) is 0 Å². The highest BCUT2D eigenvalue weighted by Crippen LogP contribution is 2.14. The van der Waals surface area contributed by atoms with Crippen LogP contribution in [0, 0.1) is 0 Å². The molecule has 5 nitrogen and oxygen atoms in total. The van der Waals surface area contributed by atoms with E-state index in [4.69, 9.17) is 9.47 Å². The van der Waals surface area contributed by atoms with Gasteiger partial charge in [-0.1, -0.05) is 172 Å². The highest BCUT2D eigenvalue weighted by atomic mass is 16.6. The number of carbonyl (C=O) groups is 2. The molecule has 0 aromatic heterocycles. The van der Waals surface area contributed by atoms with Crippen LogP contribution in [-0.2, 0) is 19.1 Å². The van der Waals surface area contributed by atoms with Gasteiger partial charge in [-0.05, 0) is 70.6 Å². The number of hydrogen-bond donors (Lipinski definition) is 1. The van der Waals surface area contributed by atoms with Crippen molar-refractivity contribution in [2.24, 2.45) is 0 Å². The summed E-state index contributed by atoms with van der Waals surface area (Å²) in [5.74, 6) is -0.570. The molecular weight excluding hydrogens is 620 g/mol. The first-order valence-corrected chi connectivity index (χ1v) is 21.5. The fourth-order valence-electron chi connectivity index (χ4n) is 6.05. The van der Waals surface area contributed by atoms with Gasteiger partial charge in [0.1, 0.15) is 19.3 Å². The Morgan fingerprint density at radius 1 is 0.420 bits per heavy atom. The van der Waals surface area contributed by atoms with Gasteiger partial charge in [0.25, 0.3) is 0 Å². The molecule has 0 aromatic carbocycles. The van der Waals surface area contributed by atoms with Crippen molar-refractivity contribution in [2.45, 2.75) is 225 Å². The topological polar surface area (TPSA) is 72.8 Å². The van der Waals surface area contributed by atoms with Crippen molar-refractivity contribution in [3.63, 3.8) is 0 Å². The summed E-state index contributed by atoms with van der Waals surface area (Å²) in [6, 6.07) is 0. The first kappa shape index (κ1) is 48.1. The van der Waals surface area contributed by atoms with Crippen LogP contribution in [-0.4, -0.2) is 36.4 Å². The number of rotatable bonds is 39. The van der Waals surface area contributed by atoms with E-state index < -0.39 is 6.10 Å². The van der Waals surface area contributed by atoms with Crippen LogP contribution in [0.25, 0.3) is 0 Å². The van der Waals surface area contributed by atoms with Gasteiger partial charge in [-0.15, -0.1) is 0 Å². The molecule has 0 saturated carbocycles. The number of unbranched alkanes of at least 4 members (excludes halogenated alkanes) is 25. The first-order chi connectivity index (χ1) is 24.6. The van der Waals surface area contributed by atoms with Gasteiger partial charge in [-0.2, -0.15) is 0 Å². The molecule has 5 heteroatoms. The maximum absolute atomic E-state index is 12.0. The summed E-state index contributed by atoms with van der Waals surface area (Å²) < 4.78 is 10.4. The van der Waals surface area contributed by atoms with E-state index in [0.717, 1.165) is 44.9 Å². The van der Waals surface area contributed by atoms with Crippen molar-refractivity contribution in [1.82, 2.24) is 0 Å². The van der Waals surface area contributed by atoms with Crippen LogP contribution in [0.2, 0.25) is 0 Å². The zero-order chi connectivity index (χ0) is 36.4. The molecule has 0 bridgehead atoms. The zero-order valence-corrected chi connectivity index (χ0v) is 33.2. The fourth-order valence-corrected chi connectivity index (χ4v) is 6.05. The van der Waals surface area contributed by atoms with Crippen molar-refractivity contribution < 1.29 is 24.2 Å². The SMILES string of the molecule is CCCCC/C=C\C/C=C\CCCCCCCCCCCC(=O)OC[C@H](O)COC(=O)CCCCCCCCC/C=C\CCCCCCCC. The van der Waals surface area contributed by atoms with Crippen LogP contribution in [0.15, 0.2) is 36.5 Å². The van der Waals surface area contributed by atoms with Crippen LogP contribution < -0.4 is 0 Å². The molecular formula is C45H82O5. The van der Waals surface area contributed by atoms with E-state index in [-0.39, 0.29) is 25.2 Å². The maximum Gasteiger partial charge on any atom is 0.305 e. The van der Waals surface area contributed by atoms with E-state index in [1.54, 1.807) is 0 Å². The number of allylic oxidation sites excluding steroid dienone is 6. The molecule has 0 aliphatic rings. The van der Waals surface area contributed by atoms with E-state index in [9.17, 15) is 14.7 Å². The Balaban J connectivity index is 3.43. The number of ether oxygens (including phenoxy) is 2. The van der Waals surface area contributed by atoms with E-state index in [1.807, 2.05) is 0 Å². The van der Waals surface area contributed by atoms with E-state index in [2.05, 4.69) is 50.3 Å². The molecule has 0 heterocycles. The summed E-state index contributed by atoms with van der Waals surface area (Å²) >= 11 is 0. The Kier molecular flexibility index (Phi) is 40.0. The van der Waals surface area contributed by atoms with Crippen molar-refractivity contribution >= 4 is 11.9 Å². The second-order valence-corrected chi connectivity index (χ2v) is 14.5. The molecule has 0 amide bonds. The van der Waals surface area contributed by atoms with Crippen molar-refractivity contribution in [1.29, 1.82) is 0 Å². The average Bonchev–Trinajstić information content (AvgIpc) is 3.12. The molecule has 0 rings (SSSR count). The molecule has 1 atom stereocenters. The van der Waals surface area contributed by atoms with Gasteiger partial charge in [0.15, 0.2) is 0 Å². The second-order valence-electron chi connectivity index (χ2n) is 14.5. The Bertz CT molecular complexity index is 801. The van der Waals surface area contributed by atoms with Gasteiger partial charge in [-0.3, -0.25) is 9.59 Å². The molecule has 292 valence electrons. The molecule has 0 aliphatic carbocycles. The predicted molar refractivity (Wildman–Crippen MR) is 214 cm³/mol. The minimum Gasteiger partial charge on any atom is -0.463 e. The number of hydrogen-bond acceptors (Lipinski definition) is 5. The zero-order valence-electron chi connectivity index (χ0n) is 33.2. The summed E-state index contributed by atoms with van der Waals surface area (Å²) in [6.45, 7) is 4.28. The average molecular weight is 703 g/mol. The minimum absolute atomic E-state index is 0.118. The molecule has 1 N–H and O–H groups in total. The molecule has 0 radical (unpaired) electrons. The normalized spacial score (nSPS) is 12.5. The summed E-state index contributed by atoms with van der Waals surface area (Å²) in [5.41, 5.74) is 0. The Morgan fingerprint density at radius 2 is 0.700 bits per heavy atom. The van der Waals surface area contributed by atoms with Gasteiger partial charge in [0.2, 0.25) is 0 Å². The highest BCUT2D eigenvalue weighted by molar-refractivity contribution is 5.69. The van der Waals surface area contributed by atoms with Gasteiger partial charge in [0.05, 0.1) is 0 Å². The minimum atomic E-state index is -0.966. The maximum atomic E-state index is 12.0. The summed E-state index contributed by atoms with van der Waals surface area (Å²) in [7, 11) is 0. The molecule has 0 aliphatic heterocycles. The number of carbonyl (C=O) groups excluding carboxylic acids is 2. The molecule has 0 unspecified atom stereocenters. The third-order valence-corrected chi connectivity index (χ3v) is 9.35. The first-order valence-electron chi connectivity index (χ1n) is 21.5. The van der Waals surface area contributed by atoms with Crippen molar-refractivity contribution in [3.05, 3.63) is 36.5 Å². The summed E-state index contributed by atoms with van der Waals surface area (Å²) in [5, 5.41) is 10.0. The monoisotopic (exact) mass is 703 g/mol. The molecule has 0 fully saturated rings. The molecule has 0 aromatic rings. The van der Waals surface area contributed by atoms with Crippen LogP contribution in [0.4, 0.5) is 0 Å². The number of aliphatic hydroxyl groups excluding tert-OH is 1. The van der Waals surface area contributed by atoms with E-state index in [1.165, 1.54) is 148 Å². The van der Waals surface area contributed by atoms with Crippen LogP contribution >= 0.6 is 0 Å². The summed E-state index contributed by atoms with van der Waals surface area (Å²) in [6.07, 6.45) is 50.6. The second kappa shape index (κ2) is 41.5. The number of esters is 2. The summed E-state index contributed by atoms with van der Waals surface area (Å²) in [4.78, 5) is 24.0. The highest BCUT2D eigenvalue weighted by Gasteiger charge is 2.12. The lowest BCUT2D eigenvalue weighted by Crippen LogP contribution is -2.25. The quantitative estimate of drug-likeness (QED) is 0.0392. The van der Waals surface area contributed by atoms with Crippen molar-refractivity contribution in [2.75, 3.05) is 13.2 Å². The predicted octanol–water partition coefficient (Wildman–Crippen LogP) is 13.6. The lowest BCUT2D eigenvalue weighted by atomic mass is 10.1. The lowest BCUT2D eigenvalue weighted by Gasteiger charge is -2.12. The smallest absolute Gasteiger partial charge is 0.305 e. The van der Waals surface area contributed by atoms with Crippen LogP contribution in [0.1, 0.15) is 219 Å². The van der Waals surface area contributed by atoms with E-state index >= 15 is 0 Å².